The fraction of sp³-hybridized carbons (Fsp3) is 0.600. The van der Waals surface area contributed by atoms with Crippen LogP contribution in [0.25, 0.3) is 0 Å². The zero-order chi connectivity index (χ0) is 33.2. The number of benzene rings is 1. The number of likely N-dealkylation sites (tertiary alicyclic amines) is 1. The summed E-state index contributed by atoms with van der Waals surface area (Å²) in [4.78, 5) is 61.0. The molecule has 1 aromatic rings. The lowest BCUT2D eigenvalue weighted by Gasteiger charge is -2.40. The second-order valence-corrected chi connectivity index (χ2v) is 12.8. The van der Waals surface area contributed by atoms with Crippen molar-refractivity contribution in [1.82, 2.24) is 10.2 Å². The van der Waals surface area contributed by atoms with E-state index < -0.39 is 53.6 Å². The van der Waals surface area contributed by atoms with Gasteiger partial charge in [-0.2, -0.15) is 0 Å². The Morgan fingerprint density at radius 3 is 2.43 bits per heavy atom. The highest BCUT2D eigenvalue weighted by atomic mass is 16.6. The van der Waals surface area contributed by atoms with Crippen LogP contribution in [0.5, 0.6) is 0 Å². The summed E-state index contributed by atoms with van der Waals surface area (Å²) in [6.07, 6.45) is 6.99. The van der Waals surface area contributed by atoms with Crippen LogP contribution in [0.15, 0.2) is 48.6 Å². The van der Waals surface area contributed by atoms with Crippen LogP contribution in [0.3, 0.4) is 0 Å². The van der Waals surface area contributed by atoms with Crippen LogP contribution in [0.4, 0.5) is 11.4 Å². The van der Waals surface area contributed by atoms with Crippen LogP contribution in [0.2, 0.25) is 0 Å². The molecule has 4 aliphatic rings. The van der Waals surface area contributed by atoms with Gasteiger partial charge in [0.1, 0.15) is 23.7 Å². The maximum Gasteiger partial charge on any atom is 0.313 e. The lowest BCUT2D eigenvalue weighted by molar-refractivity contribution is -0.159. The van der Waals surface area contributed by atoms with Crippen LogP contribution >= 0.6 is 0 Å². The van der Waals surface area contributed by atoms with E-state index in [1.165, 1.54) is 4.90 Å². The number of anilines is 2. The number of aliphatic hydroxyl groups excluding tert-OH is 1. The second-order valence-electron chi connectivity index (χ2n) is 12.8. The van der Waals surface area contributed by atoms with Crippen molar-refractivity contribution in [2.75, 3.05) is 42.6 Å². The van der Waals surface area contributed by atoms with Gasteiger partial charge in [-0.1, -0.05) is 44.6 Å². The first-order chi connectivity index (χ1) is 22.1. The number of hydrogen-bond donors (Lipinski definition) is 2. The van der Waals surface area contributed by atoms with Crippen molar-refractivity contribution in [3.63, 3.8) is 0 Å². The maximum absolute atomic E-state index is 14.8. The minimum absolute atomic E-state index is 0.130. The average Bonchev–Trinajstić information content (AvgIpc) is 3.43. The van der Waals surface area contributed by atoms with E-state index in [4.69, 9.17) is 9.47 Å². The van der Waals surface area contributed by atoms with Crippen LogP contribution < -0.4 is 15.1 Å². The van der Waals surface area contributed by atoms with Crippen LogP contribution in [0, 0.1) is 17.8 Å². The fourth-order valence-corrected chi connectivity index (χ4v) is 7.44. The van der Waals surface area contributed by atoms with Crippen LogP contribution in [0.1, 0.15) is 53.9 Å². The van der Waals surface area contributed by atoms with Gasteiger partial charge >= 0.3 is 5.97 Å². The molecule has 2 fully saturated rings. The molecule has 8 atom stereocenters. The molecular formula is C35H48N4O7. The standard InChI is InChI=1S/C35H48N4O7/c1-6-22(4)26(21-40)39-31-33(43)38(25-16-14-24(15-17-25)37(7-2)8-3)19-11-18-35(31)30(32(39)42)29-27(46-35)12-9-10-13-28(41)36-20-23(5)45-34(29)44/h9,11-12,14-18,22-23,26-27,29-31,40H,6-8,10,13,19-21H2,1-5H3,(H,36,41)/b12-9-/t22-,23+,26-,27+,29-,30-,31+,35-/m0/s1. The van der Waals surface area contributed by atoms with Gasteiger partial charge in [0.05, 0.1) is 31.2 Å². The summed E-state index contributed by atoms with van der Waals surface area (Å²) in [5.41, 5.74) is 0.252. The number of allylic oxidation sites excluding steroid dienone is 1. The SMILES string of the molecule is CC[C@H](C)[C@H](CO)N1C(=O)[C@@H]2[C@H]3C(=O)O[C@H](C)CNC(=O)CC/C=C\[C@H]3O[C@@]23C=CCN(c2ccc(N(CC)CC)cc2)C(=O)[C@@H]13. The molecule has 0 aromatic heterocycles. The number of ether oxygens (including phenoxy) is 2. The van der Waals surface area contributed by atoms with Gasteiger partial charge in [-0.3, -0.25) is 19.2 Å². The molecule has 0 aliphatic carbocycles. The van der Waals surface area contributed by atoms with E-state index in [2.05, 4.69) is 24.1 Å². The molecular weight excluding hydrogens is 588 g/mol. The molecule has 0 radical (unpaired) electrons. The van der Waals surface area contributed by atoms with Crippen molar-refractivity contribution in [1.29, 1.82) is 0 Å². The van der Waals surface area contributed by atoms with Crippen molar-refractivity contribution >= 4 is 35.1 Å². The lowest BCUT2D eigenvalue weighted by atomic mass is 9.78. The van der Waals surface area contributed by atoms with Gasteiger partial charge in [0.2, 0.25) is 11.8 Å². The van der Waals surface area contributed by atoms with Gasteiger partial charge in [-0.05, 0) is 57.4 Å². The molecule has 0 bridgehead atoms. The summed E-state index contributed by atoms with van der Waals surface area (Å²) in [6, 6.07) is 6.01. The number of aliphatic hydroxyl groups is 1. The van der Waals surface area contributed by atoms with Crippen molar-refractivity contribution in [3.05, 3.63) is 48.6 Å². The Labute approximate surface area is 271 Å². The lowest BCUT2D eigenvalue weighted by Crippen LogP contribution is -2.59. The number of carbonyl (C=O) groups excluding carboxylic acids is 4. The number of carbonyl (C=O) groups is 4. The third kappa shape index (κ3) is 5.95. The highest BCUT2D eigenvalue weighted by Gasteiger charge is 2.72. The van der Waals surface area contributed by atoms with Crippen LogP contribution in [-0.2, 0) is 28.7 Å². The minimum Gasteiger partial charge on any atom is -0.460 e. The van der Waals surface area contributed by atoms with Gasteiger partial charge in [0.15, 0.2) is 0 Å². The zero-order valence-corrected chi connectivity index (χ0v) is 27.6. The van der Waals surface area contributed by atoms with E-state index in [0.717, 1.165) is 18.8 Å². The average molecular weight is 637 g/mol. The summed E-state index contributed by atoms with van der Waals surface area (Å²) in [7, 11) is 0. The number of cyclic esters (lactones) is 1. The Bertz CT molecular complexity index is 1360. The molecule has 2 N–H and O–H groups in total. The third-order valence-corrected chi connectivity index (χ3v) is 10.1. The van der Waals surface area contributed by atoms with E-state index in [1.807, 2.05) is 44.2 Å². The number of nitrogens with zero attached hydrogens (tertiary/aromatic N) is 3. The van der Waals surface area contributed by atoms with Crippen molar-refractivity contribution < 1.29 is 33.8 Å². The summed E-state index contributed by atoms with van der Waals surface area (Å²) in [5.74, 6) is -3.72. The fourth-order valence-electron chi connectivity index (χ4n) is 7.44. The van der Waals surface area contributed by atoms with E-state index in [9.17, 15) is 24.3 Å². The monoisotopic (exact) mass is 636 g/mol. The van der Waals surface area contributed by atoms with Crippen molar-refractivity contribution in [2.45, 2.75) is 83.8 Å². The van der Waals surface area contributed by atoms with E-state index in [0.29, 0.717) is 18.5 Å². The Hall–Kier alpha value is -3.70. The molecule has 0 unspecified atom stereocenters. The normalized spacial score (nSPS) is 31.8. The Balaban J connectivity index is 1.60. The maximum atomic E-state index is 14.8. The number of fused-ring (bicyclic) bond motifs is 2. The highest BCUT2D eigenvalue weighted by Crippen LogP contribution is 2.54. The molecule has 46 heavy (non-hydrogen) atoms. The zero-order valence-electron chi connectivity index (χ0n) is 27.6. The molecule has 2 saturated heterocycles. The van der Waals surface area contributed by atoms with E-state index >= 15 is 0 Å². The first kappa shape index (κ1) is 33.7. The predicted molar refractivity (Wildman–Crippen MR) is 174 cm³/mol. The summed E-state index contributed by atoms with van der Waals surface area (Å²) >= 11 is 0. The summed E-state index contributed by atoms with van der Waals surface area (Å²) < 4.78 is 12.6. The largest absolute Gasteiger partial charge is 0.460 e. The van der Waals surface area contributed by atoms with Gasteiger partial charge in [-0.15, -0.1) is 0 Å². The van der Waals surface area contributed by atoms with Gasteiger partial charge in [0.25, 0.3) is 5.91 Å². The van der Waals surface area contributed by atoms with Crippen molar-refractivity contribution in [2.24, 2.45) is 17.8 Å². The summed E-state index contributed by atoms with van der Waals surface area (Å²) in [6.45, 7) is 11.5. The first-order valence-corrected chi connectivity index (χ1v) is 16.7. The Kier molecular flexibility index (Phi) is 10.2. The van der Waals surface area contributed by atoms with E-state index in [-0.39, 0.29) is 43.8 Å². The topological polar surface area (TPSA) is 129 Å². The quantitative estimate of drug-likeness (QED) is 0.330. The number of rotatable bonds is 8. The molecule has 1 aromatic carbocycles. The molecule has 11 nitrogen and oxygen atoms in total. The van der Waals surface area contributed by atoms with E-state index in [1.54, 1.807) is 30.1 Å². The number of nitrogens with one attached hydrogen (secondary N) is 1. The summed E-state index contributed by atoms with van der Waals surface area (Å²) in [5, 5.41) is 13.4. The molecule has 0 saturated carbocycles. The van der Waals surface area contributed by atoms with Gasteiger partial charge in [0, 0.05) is 37.4 Å². The first-order valence-electron chi connectivity index (χ1n) is 16.7. The number of esters is 1. The molecule has 4 heterocycles. The second kappa shape index (κ2) is 14.0. The molecule has 1 spiro atoms. The molecule has 11 heteroatoms. The number of amides is 3. The number of hydrogen-bond acceptors (Lipinski definition) is 8. The van der Waals surface area contributed by atoms with Gasteiger partial charge < -0.3 is 34.6 Å². The highest BCUT2D eigenvalue weighted by molar-refractivity contribution is 6.05. The van der Waals surface area contributed by atoms with Gasteiger partial charge in [-0.25, -0.2) is 0 Å². The molecule has 4 aliphatic heterocycles. The van der Waals surface area contributed by atoms with Crippen LogP contribution in [-0.4, -0.2) is 96.4 Å². The Morgan fingerprint density at radius 1 is 1.07 bits per heavy atom. The Morgan fingerprint density at radius 2 is 1.78 bits per heavy atom. The van der Waals surface area contributed by atoms with Crippen molar-refractivity contribution in [3.8, 4) is 0 Å². The molecule has 5 rings (SSSR count). The molecule has 250 valence electrons. The predicted octanol–water partition coefficient (Wildman–Crippen LogP) is 2.82. The third-order valence-electron chi connectivity index (χ3n) is 10.1. The molecule has 3 amide bonds. The minimum atomic E-state index is -1.47. The smallest absolute Gasteiger partial charge is 0.313 e.